The second-order valence-electron chi connectivity index (χ2n) is 5.80. The van der Waals surface area contributed by atoms with Gasteiger partial charge in [-0.3, -0.25) is 4.79 Å². The average molecular weight is 297 g/mol. The van der Waals surface area contributed by atoms with Gasteiger partial charge < -0.3 is 10.5 Å². The largest absolute Gasteiger partial charge is 0.460 e. The standard InChI is InChI=1S/C19H23NO2/c1-14(20)18(21)22-15(2)19(3,16-10-6-4-7-11-16)17-12-8-5-9-13-17/h4-15H,20H2,1-3H3/t14-,15-/m0/s1. The monoisotopic (exact) mass is 297 g/mol. The van der Waals surface area contributed by atoms with Crippen molar-refractivity contribution in [3.8, 4) is 0 Å². The Balaban J connectivity index is 2.45. The van der Waals surface area contributed by atoms with Gasteiger partial charge in [0.25, 0.3) is 0 Å². The van der Waals surface area contributed by atoms with Gasteiger partial charge in [0.2, 0.25) is 0 Å². The Labute approximate surface area is 132 Å². The van der Waals surface area contributed by atoms with Crippen LogP contribution in [0.25, 0.3) is 0 Å². The highest BCUT2D eigenvalue weighted by atomic mass is 16.5. The lowest BCUT2D eigenvalue weighted by molar-refractivity contribution is -0.151. The minimum Gasteiger partial charge on any atom is -0.460 e. The Bertz CT molecular complexity index is 568. The fourth-order valence-corrected chi connectivity index (χ4v) is 2.60. The van der Waals surface area contributed by atoms with Crippen molar-refractivity contribution in [3.05, 3.63) is 71.8 Å². The molecule has 0 aliphatic heterocycles. The number of ether oxygens (including phenoxy) is 1. The second-order valence-corrected chi connectivity index (χ2v) is 5.80. The van der Waals surface area contributed by atoms with Crippen molar-refractivity contribution < 1.29 is 9.53 Å². The Hall–Kier alpha value is -2.13. The first-order chi connectivity index (χ1) is 10.5. The van der Waals surface area contributed by atoms with E-state index in [1.165, 1.54) is 0 Å². The summed E-state index contributed by atoms with van der Waals surface area (Å²) in [6.07, 6.45) is -0.337. The number of hydrogen-bond donors (Lipinski definition) is 1. The minimum absolute atomic E-state index is 0.337. The number of rotatable bonds is 5. The fourth-order valence-electron chi connectivity index (χ4n) is 2.60. The molecule has 0 aliphatic carbocycles. The number of esters is 1. The molecule has 0 bridgehead atoms. The maximum Gasteiger partial charge on any atom is 0.322 e. The van der Waals surface area contributed by atoms with E-state index in [9.17, 15) is 4.79 Å². The van der Waals surface area contributed by atoms with Crippen molar-refractivity contribution in [2.45, 2.75) is 38.3 Å². The van der Waals surface area contributed by atoms with Crippen LogP contribution in [0.5, 0.6) is 0 Å². The van der Waals surface area contributed by atoms with Gasteiger partial charge in [0.15, 0.2) is 0 Å². The van der Waals surface area contributed by atoms with Crippen LogP contribution in [-0.4, -0.2) is 18.1 Å². The minimum atomic E-state index is -0.627. The van der Waals surface area contributed by atoms with Gasteiger partial charge in [-0.25, -0.2) is 0 Å². The smallest absolute Gasteiger partial charge is 0.322 e. The van der Waals surface area contributed by atoms with Gasteiger partial charge in [-0.15, -0.1) is 0 Å². The number of carbonyl (C=O) groups excluding carboxylic acids is 1. The van der Waals surface area contributed by atoms with Gasteiger partial charge in [-0.1, -0.05) is 60.7 Å². The highest BCUT2D eigenvalue weighted by Gasteiger charge is 2.37. The molecule has 0 saturated carbocycles. The van der Waals surface area contributed by atoms with Crippen molar-refractivity contribution in [3.63, 3.8) is 0 Å². The van der Waals surface area contributed by atoms with Crippen molar-refractivity contribution in [1.82, 2.24) is 0 Å². The van der Waals surface area contributed by atoms with E-state index in [-0.39, 0.29) is 12.1 Å². The Morgan fingerprint density at radius 2 is 1.36 bits per heavy atom. The second kappa shape index (κ2) is 6.75. The molecule has 3 heteroatoms. The van der Waals surface area contributed by atoms with Gasteiger partial charge in [0.1, 0.15) is 12.1 Å². The number of carbonyl (C=O) groups is 1. The molecule has 0 radical (unpaired) electrons. The van der Waals surface area contributed by atoms with Crippen LogP contribution in [0.15, 0.2) is 60.7 Å². The molecule has 116 valence electrons. The molecule has 0 heterocycles. The molecule has 2 N–H and O–H groups in total. The molecule has 0 amide bonds. The van der Waals surface area contributed by atoms with Crippen LogP contribution in [-0.2, 0) is 14.9 Å². The van der Waals surface area contributed by atoms with Crippen LogP contribution >= 0.6 is 0 Å². The normalized spacial score (nSPS) is 14.2. The van der Waals surface area contributed by atoms with Crippen LogP contribution in [0.2, 0.25) is 0 Å². The third kappa shape index (κ3) is 3.20. The van der Waals surface area contributed by atoms with Crippen molar-refractivity contribution in [1.29, 1.82) is 0 Å². The van der Waals surface area contributed by atoms with E-state index in [4.69, 9.17) is 10.5 Å². The molecule has 2 aromatic carbocycles. The van der Waals surface area contributed by atoms with Gasteiger partial charge >= 0.3 is 5.97 Å². The third-order valence-electron chi connectivity index (χ3n) is 4.22. The summed E-state index contributed by atoms with van der Waals surface area (Å²) in [5.41, 5.74) is 7.40. The number of nitrogens with two attached hydrogens (primary N) is 1. The molecule has 3 nitrogen and oxygen atoms in total. The van der Waals surface area contributed by atoms with E-state index < -0.39 is 11.5 Å². The molecule has 0 saturated heterocycles. The van der Waals surface area contributed by atoms with Gasteiger partial charge in [0.05, 0.1) is 5.41 Å². The first-order valence-electron chi connectivity index (χ1n) is 7.53. The SMILES string of the molecule is C[C@H](N)C(=O)O[C@@H](C)C(C)(c1ccccc1)c1ccccc1. The zero-order valence-corrected chi connectivity index (χ0v) is 13.3. The topological polar surface area (TPSA) is 52.3 Å². The van der Waals surface area contributed by atoms with Crippen molar-refractivity contribution in [2.24, 2.45) is 5.73 Å². The van der Waals surface area contributed by atoms with Crippen LogP contribution in [0.4, 0.5) is 0 Å². The number of hydrogen-bond acceptors (Lipinski definition) is 3. The zero-order valence-electron chi connectivity index (χ0n) is 13.3. The fraction of sp³-hybridized carbons (Fsp3) is 0.316. The summed E-state index contributed by atoms with van der Waals surface area (Å²) in [5.74, 6) is -0.384. The maximum absolute atomic E-state index is 11.9. The lowest BCUT2D eigenvalue weighted by Crippen LogP contribution is -2.42. The van der Waals surface area contributed by atoms with E-state index in [0.717, 1.165) is 11.1 Å². The summed E-state index contributed by atoms with van der Waals surface area (Å²) in [4.78, 5) is 11.9. The molecule has 2 atom stereocenters. The quantitative estimate of drug-likeness (QED) is 0.862. The summed E-state index contributed by atoms with van der Waals surface area (Å²) < 4.78 is 5.62. The first-order valence-corrected chi connectivity index (χ1v) is 7.53. The van der Waals surface area contributed by atoms with E-state index >= 15 is 0 Å². The highest BCUT2D eigenvalue weighted by Crippen LogP contribution is 2.36. The predicted octanol–water partition coefficient (Wildman–Crippen LogP) is 3.27. The zero-order chi connectivity index (χ0) is 16.2. The van der Waals surface area contributed by atoms with Crippen LogP contribution in [0.1, 0.15) is 31.9 Å². The van der Waals surface area contributed by atoms with E-state index in [1.807, 2.05) is 43.3 Å². The molecule has 2 rings (SSSR count). The van der Waals surface area contributed by atoms with Crippen molar-refractivity contribution >= 4 is 5.97 Å². The summed E-state index contributed by atoms with van der Waals surface area (Å²) in [6, 6.07) is 19.6. The first kappa shape index (κ1) is 16.2. The molecule has 0 aliphatic rings. The van der Waals surface area contributed by atoms with Crippen LogP contribution in [0, 0.1) is 0 Å². The third-order valence-corrected chi connectivity index (χ3v) is 4.22. The Morgan fingerprint density at radius 1 is 0.955 bits per heavy atom. The summed E-state index contributed by atoms with van der Waals surface area (Å²) >= 11 is 0. The van der Waals surface area contributed by atoms with Gasteiger partial charge in [0, 0.05) is 0 Å². The van der Waals surface area contributed by atoms with E-state index in [0.29, 0.717) is 0 Å². The molecular formula is C19H23NO2. The average Bonchev–Trinajstić information content (AvgIpc) is 2.55. The molecule has 0 aromatic heterocycles. The molecule has 0 fully saturated rings. The van der Waals surface area contributed by atoms with Crippen LogP contribution in [0.3, 0.4) is 0 Å². The Kier molecular flexibility index (Phi) is 4.99. The summed E-state index contributed by atoms with van der Waals surface area (Å²) in [5, 5.41) is 0. The highest BCUT2D eigenvalue weighted by molar-refractivity contribution is 5.75. The molecule has 2 aromatic rings. The lowest BCUT2D eigenvalue weighted by atomic mass is 9.72. The van der Waals surface area contributed by atoms with Gasteiger partial charge in [-0.05, 0) is 31.9 Å². The van der Waals surface area contributed by atoms with E-state index in [2.05, 4.69) is 31.2 Å². The molecule has 22 heavy (non-hydrogen) atoms. The molecular weight excluding hydrogens is 274 g/mol. The lowest BCUT2D eigenvalue weighted by Gasteiger charge is -2.36. The molecule has 0 spiro atoms. The predicted molar refractivity (Wildman–Crippen MR) is 88.5 cm³/mol. The maximum atomic E-state index is 11.9. The van der Waals surface area contributed by atoms with Gasteiger partial charge in [-0.2, -0.15) is 0 Å². The summed E-state index contributed by atoms with van der Waals surface area (Å²) in [6.45, 7) is 5.65. The van der Waals surface area contributed by atoms with Crippen molar-refractivity contribution in [2.75, 3.05) is 0 Å². The van der Waals surface area contributed by atoms with E-state index in [1.54, 1.807) is 6.92 Å². The Morgan fingerprint density at radius 3 is 1.73 bits per heavy atom. The summed E-state index contributed by atoms with van der Waals surface area (Å²) in [7, 11) is 0. The number of benzene rings is 2. The van der Waals surface area contributed by atoms with Crippen LogP contribution < -0.4 is 5.73 Å². The molecule has 0 unspecified atom stereocenters.